The lowest BCUT2D eigenvalue weighted by molar-refractivity contribution is 0.167. The van der Waals surface area contributed by atoms with E-state index in [2.05, 4.69) is 12.2 Å². The van der Waals surface area contributed by atoms with Gasteiger partial charge in [-0.05, 0) is 37.1 Å². The Bertz CT molecular complexity index is 583. The predicted molar refractivity (Wildman–Crippen MR) is 87.2 cm³/mol. The zero-order valence-corrected chi connectivity index (χ0v) is 13.0. The van der Waals surface area contributed by atoms with Gasteiger partial charge in [-0.2, -0.15) is 0 Å². The average molecular weight is 301 g/mol. The predicted octanol–water partition coefficient (Wildman–Crippen LogP) is 2.66. The van der Waals surface area contributed by atoms with Crippen LogP contribution in [-0.2, 0) is 6.42 Å². The van der Waals surface area contributed by atoms with Gasteiger partial charge in [-0.3, -0.25) is 0 Å². The highest BCUT2D eigenvalue weighted by molar-refractivity contribution is 5.33. The van der Waals surface area contributed by atoms with Crippen LogP contribution in [0.1, 0.15) is 24.2 Å². The molecule has 3 N–H and O–H groups in total. The van der Waals surface area contributed by atoms with Crippen molar-refractivity contribution in [2.45, 2.75) is 25.5 Å². The number of rotatable bonds is 7. The number of ether oxygens (including phenoxy) is 1. The number of methoxy groups -OCH3 is 1. The van der Waals surface area contributed by atoms with Crippen LogP contribution in [0, 0.1) is 0 Å². The molecule has 0 spiro atoms. The third kappa shape index (κ3) is 4.48. The summed E-state index contributed by atoms with van der Waals surface area (Å²) in [7, 11) is 1.65. The summed E-state index contributed by atoms with van der Waals surface area (Å²) in [5.74, 6) is 0.971. The Morgan fingerprint density at radius 1 is 1.09 bits per heavy atom. The van der Waals surface area contributed by atoms with Gasteiger partial charge in [0.05, 0.1) is 13.2 Å². The van der Waals surface area contributed by atoms with Gasteiger partial charge in [-0.15, -0.1) is 0 Å². The second-order valence-corrected chi connectivity index (χ2v) is 5.44. The number of para-hydroxylation sites is 1. The van der Waals surface area contributed by atoms with Crippen molar-refractivity contribution in [1.82, 2.24) is 5.32 Å². The molecule has 0 bridgehead atoms. The second kappa shape index (κ2) is 7.82. The van der Waals surface area contributed by atoms with Gasteiger partial charge in [0.1, 0.15) is 11.5 Å². The highest BCUT2D eigenvalue weighted by atomic mass is 16.5. The Morgan fingerprint density at radius 3 is 2.41 bits per heavy atom. The molecule has 4 nitrogen and oxygen atoms in total. The van der Waals surface area contributed by atoms with E-state index in [-0.39, 0.29) is 11.8 Å². The summed E-state index contributed by atoms with van der Waals surface area (Å²) in [4.78, 5) is 0. The Balaban J connectivity index is 1.84. The van der Waals surface area contributed by atoms with Crippen LogP contribution < -0.4 is 10.1 Å². The first-order valence-electron chi connectivity index (χ1n) is 7.42. The van der Waals surface area contributed by atoms with Gasteiger partial charge in [0.2, 0.25) is 0 Å². The van der Waals surface area contributed by atoms with Crippen LogP contribution in [-0.4, -0.2) is 29.9 Å². The number of benzene rings is 2. The van der Waals surface area contributed by atoms with E-state index in [0.717, 1.165) is 12.2 Å². The molecule has 4 heteroatoms. The molecule has 0 radical (unpaired) electrons. The molecule has 118 valence electrons. The van der Waals surface area contributed by atoms with E-state index in [4.69, 9.17) is 4.74 Å². The van der Waals surface area contributed by atoms with Crippen LogP contribution in [0.4, 0.5) is 0 Å². The number of hydrogen-bond donors (Lipinski definition) is 3. The van der Waals surface area contributed by atoms with Crippen molar-refractivity contribution in [2.24, 2.45) is 0 Å². The average Bonchev–Trinajstić information content (AvgIpc) is 2.54. The van der Waals surface area contributed by atoms with Crippen LogP contribution in [0.2, 0.25) is 0 Å². The van der Waals surface area contributed by atoms with Gasteiger partial charge in [0, 0.05) is 18.2 Å². The Hall–Kier alpha value is -2.04. The van der Waals surface area contributed by atoms with Crippen LogP contribution in [0.15, 0.2) is 48.5 Å². The smallest absolute Gasteiger partial charge is 0.121 e. The number of aromatic hydroxyl groups is 1. The normalized spacial score (nSPS) is 13.6. The van der Waals surface area contributed by atoms with Crippen LogP contribution in [0.5, 0.6) is 11.5 Å². The van der Waals surface area contributed by atoms with Crippen LogP contribution >= 0.6 is 0 Å². The first kappa shape index (κ1) is 16.3. The molecule has 2 rings (SSSR count). The summed E-state index contributed by atoms with van der Waals surface area (Å²) >= 11 is 0. The molecule has 2 aromatic carbocycles. The molecule has 0 saturated carbocycles. The summed E-state index contributed by atoms with van der Waals surface area (Å²) in [6, 6.07) is 15.0. The van der Waals surface area contributed by atoms with E-state index in [1.807, 2.05) is 24.3 Å². The van der Waals surface area contributed by atoms with Crippen molar-refractivity contribution >= 4 is 0 Å². The maximum atomic E-state index is 10.1. The zero-order chi connectivity index (χ0) is 15.9. The maximum Gasteiger partial charge on any atom is 0.121 e. The molecule has 2 aromatic rings. The van der Waals surface area contributed by atoms with Gasteiger partial charge >= 0.3 is 0 Å². The Labute approximate surface area is 131 Å². The second-order valence-electron chi connectivity index (χ2n) is 5.44. The van der Waals surface area contributed by atoms with Crippen molar-refractivity contribution in [1.29, 1.82) is 0 Å². The largest absolute Gasteiger partial charge is 0.508 e. The fraction of sp³-hybridized carbons (Fsp3) is 0.333. The first-order valence-corrected chi connectivity index (χ1v) is 7.42. The summed E-state index contributed by atoms with van der Waals surface area (Å²) in [5, 5.41) is 23.2. The molecular weight excluding hydrogens is 278 g/mol. The lowest BCUT2D eigenvalue weighted by Gasteiger charge is -2.18. The standard InChI is InChI=1S/C18H23NO3/c1-13(11-14-7-9-15(22-2)10-8-14)19-12-18(21)16-5-3-4-6-17(16)20/h3-10,13,18-21H,11-12H2,1-2H3. The molecule has 2 atom stereocenters. The van der Waals surface area contributed by atoms with Gasteiger partial charge < -0.3 is 20.3 Å². The van der Waals surface area contributed by atoms with E-state index in [0.29, 0.717) is 12.1 Å². The fourth-order valence-corrected chi connectivity index (χ4v) is 2.38. The molecule has 2 unspecified atom stereocenters. The van der Waals surface area contributed by atoms with E-state index in [1.165, 1.54) is 5.56 Å². The number of aliphatic hydroxyl groups is 1. The molecule has 22 heavy (non-hydrogen) atoms. The quantitative estimate of drug-likeness (QED) is 0.736. The van der Waals surface area contributed by atoms with Gasteiger partial charge in [0.15, 0.2) is 0 Å². The zero-order valence-electron chi connectivity index (χ0n) is 13.0. The van der Waals surface area contributed by atoms with Gasteiger partial charge in [-0.1, -0.05) is 30.3 Å². The number of nitrogens with one attached hydrogen (secondary N) is 1. The molecule has 0 saturated heterocycles. The van der Waals surface area contributed by atoms with Crippen molar-refractivity contribution in [3.8, 4) is 11.5 Å². The minimum absolute atomic E-state index is 0.125. The molecule has 0 aliphatic carbocycles. The molecular formula is C18H23NO3. The van der Waals surface area contributed by atoms with Gasteiger partial charge in [-0.25, -0.2) is 0 Å². The number of hydrogen-bond acceptors (Lipinski definition) is 4. The van der Waals surface area contributed by atoms with E-state index in [1.54, 1.807) is 31.4 Å². The first-order chi connectivity index (χ1) is 10.6. The Kier molecular flexibility index (Phi) is 5.81. The lowest BCUT2D eigenvalue weighted by Crippen LogP contribution is -2.32. The summed E-state index contributed by atoms with van der Waals surface area (Å²) < 4.78 is 5.14. The number of phenols is 1. The number of phenolic OH excluding ortho intramolecular Hbond substituents is 1. The third-order valence-electron chi connectivity index (χ3n) is 3.66. The monoisotopic (exact) mass is 301 g/mol. The molecule has 0 aliphatic heterocycles. The van der Waals surface area contributed by atoms with Crippen molar-refractivity contribution < 1.29 is 14.9 Å². The molecule has 0 fully saturated rings. The van der Waals surface area contributed by atoms with Crippen molar-refractivity contribution in [3.05, 3.63) is 59.7 Å². The summed E-state index contributed by atoms with van der Waals surface area (Å²) in [6.07, 6.45) is 0.136. The lowest BCUT2D eigenvalue weighted by atomic mass is 10.1. The van der Waals surface area contributed by atoms with E-state index in [9.17, 15) is 10.2 Å². The SMILES string of the molecule is COc1ccc(CC(C)NCC(O)c2ccccc2O)cc1. The highest BCUT2D eigenvalue weighted by Crippen LogP contribution is 2.23. The third-order valence-corrected chi connectivity index (χ3v) is 3.66. The van der Waals surface area contributed by atoms with E-state index < -0.39 is 6.10 Å². The molecule has 0 aromatic heterocycles. The molecule has 0 aliphatic rings. The fourth-order valence-electron chi connectivity index (χ4n) is 2.38. The van der Waals surface area contributed by atoms with Crippen LogP contribution in [0.3, 0.4) is 0 Å². The number of aliphatic hydroxyl groups excluding tert-OH is 1. The topological polar surface area (TPSA) is 61.7 Å². The molecule has 0 amide bonds. The summed E-state index contributed by atoms with van der Waals surface area (Å²) in [6.45, 7) is 2.47. The minimum Gasteiger partial charge on any atom is -0.508 e. The summed E-state index contributed by atoms with van der Waals surface area (Å²) in [5.41, 5.74) is 1.75. The minimum atomic E-state index is -0.723. The Morgan fingerprint density at radius 2 is 1.77 bits per heavy atom. The molecule has 0 heterocycles. The highest BCUT2D eigenvalue weighted by Gasteiger charge is 2.13. The van der Waals surface area contributed by atoms with Crippen molar-refractivity contribution in [3.63, 3.8) is 0 Å². The van der Waals surface area contributed by atoms with Gasteiger partial charge in [0.25, 0.3) is 0 Å². The maximum absolute atomic E-state index is 10.1. The van der Waals surface area contributed by atoms with Crippen molar-refractivity contribution in [2.75, 3.05) is 13.7 Å². The van der Waals surface area contributed by atoms with Crippen LogP contribution in [0.25, 0.3) is 0 Å². The van der Waals surface area contributed by atoms with E-state index >= 15 is 0 Å².